The van der Waals surface area contributed by atoms with Crippen molar-refractivity contribution in [2.75, 3.05) is 11.8 Å². The molecule has 172 valence electrons. The van der Waals surface area contributed by atoms with E-state index in [0.717, 1.165) is 23.3 Å². The second kappa shape index (κ2) is 8.07. The number of hydrogen-bond donors (Lipinski definition) is 1. The van der Waals surface area contributed by atoms with Crippen LogP contribution in [0.5, 0.6) is 0 Å². The second-order valence-corrected chi connectivity index (χ2v) is 9.49. The third-order valence-electron chi connectivity index (χ3n) is 5.44. The third kappa shape index (κ3) is 3.92. The number of carbonyl (C=O) groups is 1. The molecule has 0 unspecified atom stereocenters. The number of furan rings is 1. The van der Waals surface area contributed by atoms with Gasteiger partial charge >= 0.3 is 0 Å². The number of nitrogens with one attached hydrogen (secondary N) is 1. The van der Waals surface area contributed by atoms with Crippen molar-refractivity contribution in [2.24, 2.45) is 0 Å². The van der Waals surface area contributed by atoms with Gasteiger partial charge in [-0.2, -0.15) is 0 Å². The molecule has 0 spiro atoms. The van der Waals surface area contributed by atoms with Gasteiger partial charge in [0.15, 0.2) is 0 Å². The lowest BCUT2D eigenvalue weighted by molar-refractivity contribution is 0.0816. The van der Waals surface area contributed by atoms with Crippen LogP contribution in [0.25, 0.3) is 22.6 Å². The number of pyridine rings is 1. The zero-order valence-corrected chi connectivity index (χ0v) is 18.6. The highest BCUT2D eigenvalue weighted by atomic mass is 32.2. The Bertz CT molecular complexity index is 1550. The van der Waals surface area contributed by atoms with Crippen LogP contribution in [-0.4, -0.2) is 31.3 Å². The quantitative estimate of drug-likeness (QED) is 0.447. The predicted molar refractivity (Wildman–Crippen MR) is 120 cm³/mol. The molecular formula is C24H17F2N3O4S. The van der Waals surface area contributed by atoms with Crippen LogP contribution < -0.4 is 4.72 Å². The van der Waals surface area contributed by atoms with E-state index in [9.17, 15) is 22.0 Å². The Morgan fingerprint density at radius 2 is 1.74 bits per heavy atom. The van der Waals surface area contributed by atoms with Crippen molar-refractivity contribution in [3.8, 4) is 22.6 Å². The largest absolute Gasteiger partial charge is 0.456 e. The molecule has 0 aliphatic carbocycles. The Morgan fingerprint density at radius 3 is 2.50 bits per heavy atom. The standard InChI is InChI=1S/C24H17F2N3O4S/c1-29-13-16-8-14(2-4-19(16)24(29)30)21-5-6-22(33-21)15-9-18(12-27-11-15)28-34(31,32)23-7-3-17(25)10-20(23)26/h2-12,28H,13H2,1H3. The van der Waals surface area contributed by atoms with Gasteiger partial charge < -0.3 is 9.32 Å². The van der Waals surface area contributed by atoms with Crippen molar-refractivity contribution < 1.29 is 26.4 Å². The molecule has 1 N–H and O–H groups in total. The van der Waals surface area contributed by atoms with Crippen molar-refractivity contribution in [1.29, 1.82) is 0 Å². The van der Waals surface area contributed by atoms with Crippen LogP contribution in [0, 0.1) is 11.6 Å². The van der Waals surface area contributed by atoms with Gasteiger partial charge in [-0.25, -0.2) is 17.2 Å². The first-order chi connectivity index (χ1) is 16.2. The number of amides is 1. The highest BCUT2D eigenvalue weighted by molar-refractivity contribution is 7.92. The summed E-state index contributed by atoms with van der Waals surface area (Å²) in [7, 11) is -2.56. The van der Waals surface area contributed by atoms with Crippen LogP contribution in [-0.2, 0) is 16.6 Å². The summed E-state index contributed by atoms with van der Waals surface area (Å²) in [5, 5.41) is 0. The molecule has 5 rings (SSSR count). The molecule has 34 heavy (non-hydrogen) atoms. The minimum Gasteiger partial charge on any atom is -0.456 e. The fourth-order valence-corrected chi connectivity index (χ4v) is 4.90. The Labute approximate surface area is 193 Å². The number of benzene rings is 2. The maximum absolute atomic E-state index is 14.0. The lowest BCUT2D eigenvalue weighted by Crippen LogP contribution is -2.17. The second-order valence-electron chi connectivity index (χ2n) is 7.84. The van der Waals surface area contributed by atoms with Crippen LogP contribution in [0.1, 0.15) is 15.9 Å². The van der Waals surface area contributed by atoms with E-state index in [2.05, 4.69) is 9.71 Å². The highest BCUT2D eigenvalue weighted by Gasteiger charge is 2.25. The van der Waals surface area contributed by atoms with E-state index < -0.39 is 26.6 Å². The summed E-state index contributed by atoms with van der Waals surface area (Å²) >= 11 is 0. The van der Waals surface area contributed by atoms with Gasteiger partial charge in [-0.3, -0.25) is 14.5 Å². The number of sulfonamides is 1. The van der Waals surface area contributed by atoms with E-state index in [0.29, 0.717) is 35.3 Å². The lowest BCUT2D eigenvalue weighted by Gasteiger charge is -2.09. The Hall–Kier alpha value is -4.05. The summed E-state index contributed by atoms with van der Waals surface area (Å²) < 4.78 is 60.4. The number of nitrogens with zero attached hydrogens (tertiary/aromatic N) is 2. The van der Waals surface area contributed by atoms with E-state index in [1.165, 1.54) is 18.5 Å². The normalized spacial score (nSPS) is 13.3. The zero-order chi connectivity index (χ0) is 24.0. The molecule has 0 bridgehead atoms. The van der Waals surface area contributed by atoms with Crippen molar-refractivity contribution in [1.82, 2.24) is 9.88 Å². The first-order valence-electron chi connectivity index (χ1n) is 10.1. The van der Waals surface area contributed by atoms with Crippen molar-refractivity contribution in [3.63, 3.8) is 0 Å². The van der Waals surface area contributed by atoms with E-state index >= 15 is 0 Å². The maximum atomic E-state index is 14.0. The van der Waals surface area contributed by atoms with Gasteiger partial charge in [-0.15, -0.1) is 0 Å². The summed E-state index contributed by atoms with van der Waals surface area (Å²) in [4.78, 5) is 17.1. The minimum absolute atomic E-state index is 0.0208. The summed E-state index contributed by atoms with van der Waals surface area (Å²) in [5.41, 5.74) is 2.94. The minimum atomic E-state index is -4.31. The fourth-order valence-electron chi connectivity index (χ4n) is 3.80. The number of aromatic nitrogens is 1. The number of anilines is 1. The predicted octanol–water partition coefficient (Wildman–Crippen LogP) is 4.67. The average molecular weight is 481 g/mol. The molecule has 1 amide bonds. The van der Waals surface area contributed by atoms with Gasteiger partial charge in [-0.05, 0) is 48.0 Å². The summed E-state index contributed by atoms with van der Waals surface area (Å²) in [6.07, 6.45) is 2.76. The van der Waals surface area contributed by atoms with Gasteiger partial charge in [0.1, 0.15) is 28.1 Å². The Morgan fingerprint density at radius 1 is 0.971 bits per heavy atom. The molecule has 3 heterocycles. The topological polar surface area (TPSA) is 92.5 Å². The number of carbonyl (C=O) groups excluding carboxylic acids is 1. The molecule has 2 aromatic carbocycles. The van der Waals surface area contributed by atoms with Crippen LogP contribution in [0.4, 0.5) is 14.5 Å². The molecule has 0 saturated carbocycles. The Balaban J connectivity index is 1.41. The van der Waals surface area contributed by atoms with Gasteiger partial charge in [0.05, 0.1) is 11.9 Å². The average Bonchev–Trinajstić information content (AvgIpc) is 3.38. The summed E-state index contributed by atoms with van der Waals surface area (Å²) in [6, 6.07) is 12.7. The highest BCUT2D eigenvalue weighted by Crippen LogP contribution is 2.32. The molecule has 1 aliphatic heterocycles. The molecule has 7 nitrogen and oxygen atoms in total. The number of fused-ring (bicyclic) bond motifs is 1. The van der Waals surface area contributed by atoms with Gasteiger partial charge in [0.25, 0.3) is 15.9 Å². The molecule has 4 aromatic rings. The van der Waals surface area contributed by atoms with Gasteiger partial charge in [-0.1, -0.05) is 6.07 Å². The molecule has 0 saturated heterocycles. The third-order valence-corrected chi connectivity index (χ3v) is 6.85. The lowest BCUT2D eigenvalue weighted by atomic mass is 10.0. The molecule has 10 heteroatoms. The Kier molecular flexibility index (Phi) is 5.17. The first kappa shape index (κ1) is 21.8. The number of rotatable bonds is 5. The van der Waals surface area contributed by atoms with Crippen LogP contribution in [0.3, 0.4) is 0 Å². The van der Waals surface area contributed by atoms with Gasteiger partial charge in [0, 0.05) is 42.5 Å². The van der Waals surface area contributed by atoms with Gasteiger partial charge in [0.2, 0.25) is 0 Å². The molecular weight excluding hydrogens is 464 g/mol. The smallest absolute Gasteiger partial charge is 0.264 e. The van der Waals surface area contributed by atoms with Crippen molar-refractivity contribution in [2.45, 2.75) is 11.4 Å². The van der Waals surface area contributed by atoms with E-state index in [1.807, 2.05) is 6.07 Å². The number of hydrogen-bond acceptors (Lipinski definition) is 5. The fraction of sp³-hybridized carbons (Fsp3) is 0.0833. The SMILES string of the molecule is CN1Cc2cc(-c3ccc(-c4cncc(NS(=O)(=O)c5ccc(F)cc5F)c4)o3)ccc2C1=O. The maximum Gasteiger partial charge on any atom is 0.264 e. The molecule has 0 fully saturated rings. The van der Waals surface area contributed by atoms with Crippen molar-refractivity contribution >= 4 is 21.6 Å². The summed E-state index contributed by atoms with van der Waals surface area (Å²) in [6.45, 7) is 0.524. The zero-order valence-electron chi connectivity index (χ0n) is 17.7. The molecule has 1 aliphatic rings. The number of halogens is 2. The monoisotopic (exact) mass is 481 g/mol. The van der Waals surface area contributed by atoms with Crippen LogP contribution in [0.15, 0.2) is 76.3 Å². The van der Waals surface area contributed by atoms with E-state index in [1.54, 1.807) is 36.2 Å². The van der Waals surface area contributed by atoms with Crippen LogP contribution >= 0.6 is 0 Å². The van der Waals surface area contributed by atoms with Crippen LogP contribution in [0.2, 0.25) is 0 Å². The molecule has 0 atom stereocenters. The molecule has 2 aromatic heterocycles. The van der Waals surface area contributed by atoms with E-state index in [-0.39, 0.29) is 11.6 Å². The summed E-state index contributed by atoms with van der Waals surface area (Å²) in [5.74, 6) is -1.10. The molecule has 0 radical (unpaired) electrons. The van der Waals surface area contributed by atoms with Crippen molar-refractivity contribution in [3.05, 3.63) is 89.8 Å². The first-order valence-corrected chi connectivity index (χ1v) is 11.6. The van der Waals surface area contributed by atoms with E-state index in [4.69, 9.17) is 4.42 Å².